The van der Waals surface area contributed by atoms with Crippen LogP contribution < -0.4 is 5.32 Å². The summed E-state index contributed by atoms with van der Waals surface area (Å²) in [6.45, 7) is 3.40. The first-order valence-electron chi connectivity index (χ1n) is 7.71. The van der Waals surface area contributed by atoms with Crippen molar-refractivity contribution >= 4 is 21.8 Å². The van der Waals surface area contributed by atoms with Gasteiger partial charge in [-0.1, -0.05) is 5.16 Å². The van der Waals surface area contributed by atoms with Gasteiger partial charge in [0.05, 0.1) is 18.4 Å². The summed E-state index contributed by atoms with van der Waals surface area (Å²) in [6.07, 6.45) is 2.87. The van der Waals surface area contributed by atoms with Gasteiger partial charge in [-0.3, -0.25) is 10.3 Å². The van der Waals surface area contributed by atoms with Crippen molar-refractivity contribution in [2.24, 2.45) is 0 Å². The molecule has 1 spiro atoms. The minimum Gasteiger partial charge on any atom is -0.436 e. The van der Waals surface area contributed by atoms with E-state index in [9.17, 15) is 13.2 Å². The van der Waals surface area contributed by atoms with Crippen LogP contribution in [0, 0.1) is 13.8 Å². The van der Waals surface area contributed by atoms with Crippen LogP contribution in [0.5, 0.6) is 0 Å². The fourth-order valence-electron chi connectivity index (χ4n) is 3.49. The van der Waals surface area contributed by atoms with Crippen LogP contribution in [-0.2, 0) is 20.4 Å². The quantitative estimate of drug-likeness (QED) is 0.859. The van der Waals surface area contributed by atoms with E-state index in [1.807, 2.05) is 0 Å². The Hall–Kier alpha value is -2.46. The maximum absolute atomic E-state index is 13.0. The first kappa shape index (κ1) is 16.0. The third-order valence-electron chi connectivity index (χ3n) is 4.60. The van der Waals surface area contributed by atoms with Gasteiger partial charge in [-0.2, -0.15) is 4.31 Å². The number of pyridine rings is 1. The number of nitrogens with zero attached hydrogens (tertiary/aromatic N) is 3. The molecule has 0 aliphatic carbocycles. The highest BCUT2D eigenvalue weighted by Crippen LogP contribution is 2.44. The number of hydrogen-bond donors (Lipinski definition) is 1. The Bertz CT molecular complexity index is 951. The second-order valence-electron chi connectivity index (χ2n) is 6.17. The van der Waals surface area contributed by atoms with Gasteiger partial charge >= 0.3 is 6.09 Å². The van der Waals surface area contributed by atoms with Gasteiger partial charge in [0.25, 0.3) is 0 Å². The number of fused-ring (bicyclic) bond motifs is 2. The number of nitrogens with one attached hydrogen (secondary N) is 1. The first-order chi connectivity index (χ1) is 11.8. The highest BCUT2D eigenvalue weighted by molar-refractivity contribution is 7.89. The monoisotopic (exact) mass is 364 g/mol. The van der Waals surface area contributed by atoms with Gasteiger partial charge in [0.1, 0.15) is 10.6 Å². The Labute approximate surface area is 144 Å². The number of aromatic nitrogens is 2. The second kappa shape index (κ2) is 5.27. The molecule has 1 saturated heterocycles. The number of carbonyl (C=O) groups is 1. The fourth-order valence-corrected chi connectivity index (χ4v) is 5.27. The van der Waals surface area contributed by atoms with Crippen LogP contribution in [0.3, 0.4) is 0 Å². The molecule has 0 bridgehead atoms. The van der Waals surface area contributed by atoms with E-state index >= 15 is 0 Å². The van der Waals surface area contributed by atoms with Crippen molar-refractivity contribution < 1.29 is 22.5 Å². The number of anilines is 1. The Balaban J connectivity index is 1.74. The van der Waals surface area contributed by atoms with E-state index in [0.29, 0.717) is 17.8 Å². The summed E-state index contributed by atoms with van der Waals surface area (Å²) >= 11 is 0. The topological polar surface area (TPSA) is 115 Å². The Kier molecular flexibility index (Phi) is 3.38. The fraction of sp³-hybridized carbons (Fsp3) is 0.400. The summed E-state index contributed by atoms with van der Waals surface area (Å²) in [5, 5.41) is 6.32. The largest absolute Gasteiger partial charge is 0.436 e. The Morgan fingerprint density at radius 3 is 2.88 bits per heavy atom. The van der Waals surface area contributed by atoms with Gasteiger partial charge in [0.15, 0.2) is 11.4 Å². The first-order valence-corrected chi connectivity index (χ1v) is 9.15. The molecule has 132 valence electrons. The maximum Gasteiger partial charge on any atom is 0.412 e. The van der Waals surface area contributed by atoms with Crippen molar-refractivity contribution in [3.8, 4) is 0 Å². The normalized spacial score (nSPS) is 23.4. The average Bonchev–Trinajstić information content (AvgIpc) is 3.12. The lowest BCUT2D eigenvalue weighted by atomic mass is 9.91. The molecule has 1 fully saturated rings. The number of sulfonamides is 1. The minimum absolute atomic E-state index is 0.0316. The van der Waals surface area contributed by atoms with Crippen molar-refractivity contribution in [1.29, 1.82) is 0 Å². The molecule has 4 rings (SSSR count). The van der Waals surface area contributed by atoms with Gasteiger partial charge in [0, 0.05) is 24.7 Å². The molecule has 10 heteroatoms. The van der Waals surface area contributed by atoms with E-state index in [2.05, 4.69) is 15.5 Å². The molecule has 25 heavy (non-hydrogen) atoms. The molecule has 2 aromatic rings. The molecule has 2 aliphatic rings. The number of hydrogen-bond acceptors (Lipinski definition) is 7. The molecular formula is C15H16N4O5S. The molecule has 0 aromatic carbocycles. The highest BCUT2D eigenvalue weighted by atomic mass is 32.2. The van der Waals surface area contributed by atoms with Crippen LogP contribution >= 0.6 is 0 Å². The summed E-state index contributed by atoms with van der Waals surface area (Å²) in [6, 6.07) is 1.74. The van der Waals surface area contributed by atoms with E-state index in [0.717, 1.165) is 5.56 Å². The smallest absolute Gasteiger partial charge is 0.412 e. The number of amides is 1. The summed E-state index contributed by atoms with van der Waals surface area (Å²) in [5.41, 5.74) is 0.548. The van der Waals surface area contributed by atoms with Crippen LogP contribution in [0.4, 0.5) is 10.5 Å². The predicted molar refractivity (Wildman–Crippen MR) is 85.4 cm³/mol. The average molecular weight is 364 g/mol. The number of ether oxygens (including phenoxy) is 1. The van der Waals surface area contributed by atoms with Gasteiger partial charge < -0.3 is 9.26 Å². The molecule has 2 aliphatic heterocycles. The molecule has 1 atom stereocenters. The third kappa shape index (κ3) is 2.32. The molecule has 9 nitrogen and oxygen atoms in total. The zero-order valence-electron chi connectivity index (χ0n) is 13.6. The molecule has 1 unspecified atom stereocenters. The molecular weight excluding hydrogens is 348 g/mol. The molecule has 4 heterocycles. The zero-order chi connectivity index (χ0) is 17.8. The van der Waals surface area contributed by atoms with E-state index in [4.69, 9.17) is 9.26 Å². The number of carbonyl (C=O) groups excluding carboxylic acids is 1. The third-order valence-corrected chi connectivity index (χ3v) is 6.69. The lowest BCUT2D eigenvalue weighted by Crippen LogP contribution is -2.42. The molecule has 0 saturated carbocycles. The van der Waals surface area contributed by atoms with E-state index < -0.39 is 21.7 Å². The summed E-state index contributed by atoms with van der Waals surface area (Å²) in [7, 11) is -3.80. The van der Waals surface area contributed by atoms with Crippen LogP contribution in [0.2, 0.25) is 0 Å². The van der Waals surface area contributed by atoms with E-state index in [1.54, 1.807) is 26.1 Å². The number of rotatable bonds is 2. The molecule has 1 N–H and O–H groups in total. The van der Waals surface area contributed by atoms with Crippen molar-refractivity contribution in [3.63, 3.8) is 0 Å². The SMILES string of the molecule is Cc1noc(C)c1S(=O)(=O)N1CCC2(C1)OC(=O)Nc1cnccc12. The Morgan fingerprint density at radius 1 is 1.36 bits per heavy atom. The van der Waals surface area contributed by atoms with Crippen molar-refractivity contribution in [3.05, 3.63) is 35.5 Å². The summed E-state index contributed by atoms with van der Waals surface area (Å²) < 4.78 is 37.9. The van der Waals surface area contributed by atoms with Crippen molar-refractivity contribution in [2.75, 3.05) is 18.4 Å². The van der Waals surface area contributed by atoms with Crippen molar-refractivity contribution in [1.82, 2.24) is 14.4 Å². The summed E-state index contributed by atoms with van der Waals surface area (Å²) in [4.78, 5) is 16.0. The maximum atomic E-state index is 13.0. The Morgan fingerprint density at radius 2 is 2.16 bits per heavy atom. The predicted octanol–water partition coefficient (Wildman–Crippen LogP) is 1.54. The highest BCUT2D eigenvalue weighted by Gasteiger charge is 2.51. The molecule has 2 aromatic heterocycles. The minimum atomic E-state index is -3.80. The van der Waals surface area contributed by atoms with Crippen LogP contribution in [0.25, 0.3) is 0 Å². The lowest BCUT2D eigenvalue weighted by molar-refractivity contribution is 0.0236. The van der Waals surface area contributed by atoms with Crippen LogP contribution in [0.15, 0.2) is 27.9 Å². The van der Waals surface area contributed by atoms with E-state index in [1.165, 1.54) is 10.5 Å². The van der Waals surface area contributed by atoms with Gasteiger partial charge in [0.2, 0.25) is 10.0 Å². The van der Waals surface area contributed by atoms with Crippen molar-refractivity contribution in [2.45, 2.75) is 30.8 Å². The summed E-state index contributed by atoms with van der Waals surface area (Å²) in [5.74, 6) is 0.241. The van der Waals surface area contributed by atoms with Crippen LogP contribution in [0.1, 0.15) is 23.4 Å². The van der Waals surface area contributed by atoms with E-state index in [-0.39, 0.29) is 23.7 Å². The second-order valence-corrected chi connectivity index (χ2v) is 8.05. The van der Waals surface area contributed by atoms with Gasteiger partial charge in [-0.25, -0.2) is 13.2 Å². The molecule has 1 amide bonds. The number of aryl methyl sites for hydroxylation is 2. The standard InChI is InChI=1S/C15H16N4O5S/c1-9-13(10(2)24-18-9)25(21,22)19-6-4-15(8-19)11-3-5-16-7-12(11)17-14(20)23-15/h3,5,7H,4,6,8H2,1-2H3,(H,17,20). The lowest BCUT2D eigenvalue weighted by Gasteiger charge is -2.35. The van der Waals surface area contributed by atoms with Crippen LogP contribution in [-0.4, -0.2) is 42.0 Å². The molecule has 0 radical (unpaired) electrons. The van der Waals surface area contributed by atoms with Gasteiger partial charge in [-0.05, 0) is 19.9 Å². The van der Waals surface area contributed by atoms with Gasteiger partial charge in [-0.15, -0.1) is 0 Å². The zero-order valence-corrected chi connectivity index (χ0v) is 14.5.